The minimum Gasteiger partial charge on any atom is -0.380 e. The summed E-state index contributed by atoms with van der Waals surface area (Å²) in [6.45, 7) is 1.40. The Balaban J connectivity index is 2.32. The Hall–Kier alpha value is -1.22. The Labute approximate surface area is 89.2 Å². The first kappa shape index (κ1) is 10.3. The van der Waals surface area contributed by atoms with Gasteiger partial charge in [-0.2, -0.15) is 0 Å². The second-order valence-electron chi connectivity index (χ2n) is 4.12. The molecule has 0 saturated heterocycles. The number of hydrogen-bond acceptors (Lipinski definition) is 3. The molecule has 0 aliphatic heterocycles. The summed E-state index contributed by atoms with van der Waals surface area (Å²) in [5, 5.41) is 9.76. The van der Waals surface area contributed by atoms with Gasteiger partial charge in [0, 0.05) is 23.4 Å². The van der Waals surface area contributed by atoms with Crippen LogP contribution in [0.4, 0.5) is 0 Å². The zero-order chi connectivity index (χ0) is 10.8. The highest BCUT2D eigenvalue weighted by molar-refractivity contribution is 5.81. The SMILES string of the molecule is CC(=O)C(O)c1cccnc1C1CCC1. The van der Waals surface area contributed by atoms with Crippen molar-refractivity contribution in [2.45, 2.75) is 38.2 Å². The van der Waals surface area contributed by atoms with Crippen LogP contribution < -0.4 is 0 Å². The van der Waals surface area contributed by atoms with E-state index in [9.17, 15) is 9.90 Å². The van der Waals surface area contributed by atoms with Crippen LogP contribution in [0.25, 0.3) is 0 Å². The molecule has 0 amide bonds. The van der Waals surface area contributed by atoms with Gasteiger partial charge in [0.25, 0.3) is 0 Å². The molecule has 1 aromatic rings. The average Bonchev–Trinajstić information content (AvgIpc) is 2.15. The molecule has 1 N–H and O–H groups in total. The van der Waals surface area contributed by atoms with Crippen molar-refractivity contribution in [3.05, 3.63) is 29.6 Å². The highest BCUT2D eigenvalue weighted by atomic mass is 16.3. The number of Topliss-reactive ketones (excluding diaryl/α,β-unsaturated/α-hetero) is 1. The minimum absolute atomic E-state index is 0.219. The van der Waals surface area contributed by atoms with Crippen molar-refractivity contribution in [1.29, 1.82) is 0 Å². The van der Waals surface area contributed by atoms with Crippen LogP contribution in [0.3, 0.4) is 0 Å². The number of carbonyl (C=O) groups is 1. The topological polar surface area (TPSA) is 50.2 Å². The molecule has 0 aromatic carbocycles. The van der Waals surface area contributed by atoms with Crippen molar-refractivity contribution < 1.29 is 9.90 Å². The number of aromatic nitrogens is 1. The number of carbonyl (C=O) groups excluding carboxylic acids is 1. The molecule has 2 rings (SSSR count). The molecular formula is C12H15NO2. The Morgan fingerprint density at radius 3 is 2.87 bits per heavy atom. The molecular weight excluding hydrogens is 190 g/mol. The van der Waals surface area contributed by atoms with E-state index in [0.29, 0.717) is 11.5 Å². The number of aliphatic hydroxyl groups is 1. The van der Waals surface area contributed by atoms with Crippen LogP contribution in [-0.4, -0.2) is 15.9 Å². The number of pyridine rings is 1. The average molecular weight is 205 g/mol. The van der Waals surface area contributed by atoms with Gasteiger partial charge in [-0.05, 0) is 25.8 Å². The number of nitrogens with zero attached hydrogens (tertiary/aromatic N) is 1. The molecule has 1 heterocycles. The maximum atomic E-state index is 11.1. The van der Waals surface area contributed by atoms with E-state index in [4.69, 9.17) is 0 Å². The van der Waals surface area contributed by atoms with Crippen molar-refractivity contribution in [3.8, 4) is 0 Å². The van der Waals surface area contributed by atoms with Gasteiger partial charge >= 0.3 is 0 Å². The molecule has 1 aromatic heterocycles. The third-order valence-electron chi connectivity index (χ3n) is 3.04. The molecule has 15 heavy (non-hydrogen) atoms. The van der Waals surface area contributed by atoms with Crippen molar-refractivity contribution in [1.82, 2.24) is 4.98 Å². The van der Waals surface area contributed by atoms with Crippen LogP contribution in [-0.2, 0) is 4.79 Å². The Morgan fingerprint density at radius 1 is 1.60 bits per heavy atom. The van der Waals surface area contributed by atoms with Crippen LogP contribution in [0.1, 0.15) is 49.5 Å². The molecule has 1 aliphatic rings. The van der Waals surface area contributed by atoms with Gasteiger partial charge in [-0.3, -0.25) is 9.78 Å². The zero-order valence-electron chi connectivity index (χ0n) is 8.81. The fraction of sp³-hybridized carbons (Fsp3) is 0.500. The van der Waals surface area contributed by atoms with Crippen molar-refractivity contribution in [2.75, 3.05) is 0 Å². The summed E-state index contributed by atoms with van der Waals surface area (Å²) in [6, 6.07) is 3.57. The van der Waals surface area contributed by atoms with E-state index in [1.54, 1.807) is 18.3 Å². The highest BCUT2D eigenvalue weighted by Gasteiger charge is 2.26. The molecule has 0 bridgehead atoms. The number of rotatable bonds is 3. The third-order valence-corrected chi connectivity index (χ3v) is 3.04. The maximum absolute atomic E-state index is 11.1. The predicted molar refractivity (Wildman–Crippen MR) is 56.5 cm³/mol. The second-order valence-corrected chi connectivity index (χ2v) is 4.12. The van der Waals surface area contributed by atoms with E-state index in [2.05, 4.69) is 4.98 Å². The first-order valence-electron chi connectivity index (χ1n) is 5.33. The lowest BCUT2D eigenvalue weighted by molar-refractivity contribution is -0.125. The molecule has 0 radical (unpaired) electrons. The first-order chi connectivity index (χ1) is 7.20. The summed E-state index contributed by atoms with van der Waals surface area (Å²) in [7, 11) is 0. The van der Waals surface area contributed by atoms with E-state index in [1.807, 2.05) is 0 Å². The zero-order valence-corrected chi connectivity index (χ0v) is 8.81. The van der Waals surface area contributed by atoms with Crippen LogP contribution in [0.5, 0.6) is 0 Å². The van der Waals surface area contributed by atoms with Gasteiger partial charge in [0.15, 0.2) is 5.78 Å². The van der Waals surface area contributed by atoms with E-state index < -0.39 is 6.10 Å². The van der Waals surface area contributed by atoms with Crippen molar-refractivity contribution in [3.63, 3.8) is 0 Å². The largest absolute Gasteiger partial charge is 0.380 e. The van der Waals surface area contributed by atoms with Gasteiger partial charge < -0.3 is 5.11 Å². The molecule has 0 spiro atoms. The smallest absolute Gasteiger partial charge is 0.162 e. The van der Waals surface area contributed by atoms with Gasteiger partial charge in [0.1, 0.15) is 6.10 Å². The second kappa shape index (κ2) is 4.11. The van der Waals surface area contributed by atoms with Crippen LogP contribution in [0.2, 0.25) is 0 Å². The summed E-state index contributed by atoms with van der Waals surface area (Å²) < 4.78 is 0. The fourth-order valence-corrected chi connectivity index (χ4v) is 1.90. The Bertz CT molecular complexity index is 372. The Morgan fingerprint density at radius 2 is 2.33 bits per heavy atom. The summed E-state index contributed by atoms with van der Waals surface area (Å²) in [5.74, 6) is 0.221. The van der Waals surface area contributed by atoms with Crippen LogP contribution >= 0.6 is 0 Å². The van der Waals surface area contributed by atoms with E-state index in [0.717, 1.165) is 18.5 Å². The molecule has 1 saturated carbocycles. The van der Waals surface area contributed by atoms with Gasteiger partial charge in [-0.25, -0.2) is 0 Å². The lowest BCUT2D eigenvalue weighted by Crippen LogP contribution is -2.17. The van der Waals surface area contributed by atoms with Gasteiger partial charge in [0.05, 0.1) is 0 Å². The van der Waals surface area contributed by atoms with Gasteiger partial charge in [-0.1, -0.05) is 12.5 Å². The van der Waals surface area contributed by atoms with E-state index >= 15 is 0 Å². The highest BCUT2D eigenvalue weighted by Crippen LogP contribution is 2.38. The third kappa shape index (κ3) is 1.92. The molecule has 1 unspecified atom stereocenters. The fourth-order valence-electron chi connectivity index (χ4n) is 1.90. The summed E-state index contributed by atoms with van der Waals surface area (Å²) in [4.78, 5) is 15.4. The molecule has 3 heteroatoms. The molecule has 1 fully saturated rings. The number of aliphatic hydroxyl groups excluding tert-OH is 1. The molecule has 1 atom stereocenters. The summed E-state index contributed by atoms with van der Waals surface area (Å²) in [5.41, 5.74) is 1.60. The number of hydrogen-bond donors (Lipinski definition) is 1. The lowest BCUT2D eigenvalue weighted by Gasteiger charge is -2.27. The van der Waals surface area contributed by atoms with Crippen LogP contribution in [0, 0.1) is 0 Å². The summed E-state index contributed by atoms with van der Waals surface area (Å²) in [6.07, 6.45) is 4.18. The van der Waals surface area contributed by atoms with Gasteiger partial charge in [-0.15, -0.1) is 0 Å². The summed E-state index contributed by atoms with van der Waals surface area (Å²) >= 11 is 0. The predicted octanol–water partition coefficient (Wildman–Crippen LogP) is 1.97. The maximum Gasteiger partial charge on any atom is 0.162 e. The Kier molecular flexibility index (Phi) is 2.82. The van der Waals surface area contributed by atoms with E-state index in [1.165, 1.54) is 13.3 Å². The quantitative estimate of drug-likeness (QED) is 0.820. The van der Waals surface area contributed by atoms with Crippen LogP contribution in [0.15, 0.2) is 18.3 Å². The molecule has 80 valence electrons. The first-order valence-corrected chi connectivity index (χ1v) is 5.33. The van der Waals surface area contributed by atoms with Crippen molar-refractivity contribution >= 4 is 5.78 Å². The number of ketones is 1. The minimum atomic E-state index is -1.01. The monoisotopic (exact) mass is 205 g/mol. The normalized spacial score (nSPS) is 18.3. The lowest BCUT2D eigenvalue weighted by atomic mass is 9.80. The van der Waals surface area contributed by atoms with E-state index in [-0.39, 0.29) is 5.78 Å². The molecule has 3 nitrogen and oxygen atoms in total. The van der Waals surface area contributed by atoms with Crippen molar-refractivity contribution in [2.24, 2.45) is 0 Å². The standard InChI is InChI=1S/C12H15NO2/c1-8(14)12(15)10-6-3-7-13-11(10)9-4-2-5-9/h3,6-7,9,12,15H,2,4-5H2,1H3. The van der Waals surface area contributed by atoms with Gasteiger partial charge in [0.2, 0.25) is 0 Å². The molecule has 1 aliphatic carbocycles.